The maximum atomic E-state index is 5.38. The second-order valence-corrected chi connectivity index (χ2v) is 3.50. The second kappa shape index (κ2) is 8.85. The van der Waals surface area contributed by atoms with Crippen molar-refractivity contribution in [3.63, 3.8) is 0 Å². The Hall–Kier alpha value is -0.420. The maximum Gasteiger partial charge on any atom is 0.147 e. The zero-order chi connectivity index (χ0) is 10.8. The highest BCUT2D eigenvalue weighted by Crippen LogP contribution is 2.03. The summed E-state index contributed by atoms with van der Waals surface area (Å²) in [5, 5.41) is 3.30. The van der Waals surface area contributed by atoms with Gasteiger partial charge in [-0.05, 0) is 12.8 Å². The fourth-order valence-electron chi connectivity index (χ4n) is 1.34. The van der Waals surface area contributed by atoms with E-state index in [0.717, 1.165) is 45.8 Å². The summed E-state index contributed by atoms with van der Waals surface area (Å²) in [6.45, 7) is 8.14. The Morgan fingerprint density at radius 2 is 2.40 bits per heavy atom. The Kier molecular flexibility index (Phi) is 7.47. The third-order valence-corrected chi connectivity index (χ3v) is 2.23. The zero-order valence-electron chi connectivity index (χ0n) is 9.24. The lowest BCUT2D eigenvalue weighted by atomic mass is 10.2. The van der Waals surface area contributed by atoms with E-state index in [4.69, 9.17) is 14.2 Å². The predicted molar refractivity (Wildman–Crippen MR) is 58.8 cm³/mol. The summed E-state index contributed by atoms with van der Waals surface area (Å²) in [5.74, 6) is 0. The van der Waals surface area contributed by atoms with Crippen molar-refractivity contribution < 1.29 is 14.2 Å². The molecule has 1 heterocycles. The molecule has 0 bridgehead atoms. The third kappa shape index (κ3) is 6.62. The van der Waals surface area contributed by atoms with E-state index in [2.05, 4.69) is 11.9 Å². The van der Waals surface area contributed by atoms with Gasteiger partial charge in [0.05, 0.1) is 25.9 Å². The van der Waals surface area contributed by atoms with Gasteiger partial charge in [0.15, 0.2) is 0 Å². The first-order valence-corrected chi connectivity index (χ1v) is 5.52. The molecule has 0 aliphatic carbocycles. The van der Waals surface area contributed by atoms with Crippen molar-refractivity contribution in [3.8, 4) is 0 Å². The van der Waals surface area contributed by atoms with E-state index in [1.807, 2.05) is 6.08 Å². The van der Waals surface area contributed by atoms with Crippen molar-refractivity contribution in [2.75, 3.05) is 39.7 Å². The van der Waals surface area contributed by atoms with Crippen molar-refractivity contribution in [2.24, 2.45) is 0 Å². The Balaban J connectivity index is 1.81. The molecule has 0 aromatic heterocycles. The van der Waals surface area contributed by atoms with Gasteiger partial charge in [0, 0.05) is 13.1 Å². The van der Waals surface area contributed by atoms with Gasteiger partial charge in [0.2, 0.25) is 0 Å². The number of nitrogens with one attached hydrogen (secondary N) is 1. The molecular weight excluding hydrogens is 194 g/mol. The minimum absolute atomic E-state index is 0.298. The summed E-state index contributed by atoms with van der Waals surface area (Å²) in [6.07, 6.45) is 4.06. The van der Waals surface area contributed by atoms with Crippen LogP contribution in [0.25, 0.3) is 0 Å². The van der Waals surface area contributed by atoms with E-state index in [0.29, 0.717) is 12.9 Å². The highest BCUT2D eigenvalue weighted by molar-refractivity contribution is 4.65. The molecule has 0 amide bonds. The van der Waals surface area contributed by atoms with Gasteiger partial charge in [-0.25, -0.2) is 0 Å². The largest absolute Gasteiger partial charge is 0.380 e. The molecule has 1 aliphatic heterocycles. The number of hydrogen-bond acceptors (Lipinski definition) is 4. The molecule has 1 atom stereocenters. The average molecular weight is 215 g/mol. The SMILES string of the molecule is C=CCCOCCNCC1CCOCO1. The Bertz CT molecular complexity index is 158. The summed E-state index contributed by atoms with van der Waals surface area (Å²) in [7, 11) is 0. The zero-order valence-corrected chi connectivity index (χ0v) is 9.24. The first-order chi connectivity index (χ1) is 7.43. The predicted octanol–water partition coefficient (Wildman–Crippen LogP) is 0.932. The number of hydrogen-bond donors (Lipinski definition) is 1. The van der Waals surface area contributed by atoms with Crippen molar-refractivity contribution in [2.45, 2.75) is 18.9 Å². The van der Waals surface area contributed by atoms with Gasteiger partial charge in [-0.2, -0.15) is 0 Å². The van der Waals surface area contributed by atoms with Crippen LogP contribution in [0.2, 0.25) is 0 Å². The van der Waals surface area contributed by atoms with E-state index >= 15 is 0 Å². The Labute approximate surface area is 91.6 Å². The fourth-order valence-corrected chi connectivity index (χ4v) is 1.34. The van der Waals surface area contributed by atoms with Gasteiger partial charge in [-0.15, -0.1) is 6.58 Å². The van der Waals surface area contributed by atoms with Crippen LogP contribution in [0, 0.1) is 0 Å². The van der Waals surface area contributed by atoms with Crippen LogP contribution in [0.1, 0.15) is 12.8 Å². The lowest BCUT2D eigenvalue weighted by Gasteiger charge is -2.22. The topological polar surface area (TPSA) is 39.7 Å². The average Bonchev–Trinajstić information content (AvgIpc) is 2.29. The van der Waals surface area contributed by atoms with Crippen LogP contribution in [-0.2, 0) is 14.2 Å². The minimum Gasteiger partial charge on any atom is -0.380 e. The maximum absolute atomic E-state index is 5.38. The van der Waals surface area contributed by atoms with Crippen molar-refractivity contribution in [1.82, 2.24) is 5.32 Å². The highest BCUT2D eigenvalue weighted by atomic mass is 16.7. The molecule has 1 aliphatic rings. The van der Waals surface area contributed by atoms with Gasteiger partial charge in [-0.1, -0.05) is 6.08 Å². The molecule has 4 heteroatoms. The number of rotatable bonds is 8. The summed E-state index contributed by atoms with van der Waals surface area (Å²) < 4.78 is 15.8. The van der Waals surface area contributed by atoms with Crippen molar-refractivity contribution in [3.05, 3.63) is 12.7 Å². The molecule has 1 N–H and O–H groups in total. The van der Waals surface area contributed by atoms with Crippen LogP contribution < -0.4 is 5.32 Å². The lowest BCUT2D eigenvalue weighted by molar-refractivity contribution is -0.137. The van der Waals surface area contributed by atoms with Gasteiger partial charge in [-0.3, -0.25) is 0 Å². The van der Waals surface area contributed by atoms with Crippen molar-refractivity contribution >= 4 is 0 Å². The lowest BCUT2D eigenvalue weighted by Crippen LogP contribution is -2.35. The van der Waals surface area contributed by atoms with E-state index in [1.54, 1.807) is 0 Å². The van der Waals surface area contributed by atoms with Gasteiger partial charge < -0.3 is 19.5 Å². The van der Waals surface area contributed by atoms with Gasteiger partial charge in [0.1, 0.15) is 6.79 Å². The van der Waals surface area contributed by atoms with Crippen LogP contribution in [0.4, 0.5) is 0 Å². The second-order valence-electron chi connectivity index (χ2n) is 3.50. The fraction of sp³-hybridized carbons (Fsp3) is 0.818. The minimum atomic E-state index is 0.298. The molecule has 1 saturated heterocycles. The monoisotopic (exact) mass is 215 g/mol. The summed E-state index contributed by atoms with van der Waals surface area (Å²) >= 11 is 0. The van der Waals surface area contributed by atoms with E-state index < -0.39 is 0 Å². The van der Waals surface area contributed by atoms with E-state index in [-0.39, 0.29) is 0 Å². The van der Waals surface area contributed by atoms with Crippen LogP contribution in [-0.4, -0.2) is 45.8 Å². The molecule has 0 spiro atoms. The smallest absolute Gasteiger partial charge is 0.147 e. The molecule has 0 aromatic rings. The van der Waals surface area contributed by atoms with Crippen LogP contribution in [0.3, 0.4) is 0 Å². The third-order valence-electron chi connectivity index (χ3n) is 2.23. The van der Waals surface area contributed by atoms with Crippen LogP contribution >= 0.6 is 0 Å². The molecule has 4 nitrogen and oxygen atoms in total. The first-order valence-electron chi connectivity index (χ1n) is 5.52. The standard InChI is InChI=1S/C11H21NO3/c1-2-3-6-13-8-5-12-9-11-4-7-14-10-15-11/h2,11-12H,1,3-10H2. The van der Waals surface area contributed by atoms with Crippen LogP contribution in [0.15, 0.2) is 12.7 Å². The molecule has 0 radical (unpaired) electrons. The summed E-state index contributed by atoms with van der Waals surface area (Å²) in [6, 6.07) is 0. The first kappa shape index (κ1) is 12.6. The molecule has 0 aromatic carbocycles. The van der Waals surface area contributed by atoms with E-state index in [1.165, 1.54) is 0 Å². The quantitative estimate of drug-likeness (QED) is 0.483. The van der Waals surface area contributed by atoms with Crippen molar-refractivity contribution in [1.29, 1.82) is 0 Å². The molecular formula is C11H21NO3. The van der Waals surface area contributed by atoms with Gasteiger partial charge in [0.25, 0.3) is 0 Å². The van der Waals surface area contributed by atoms with Crippen LogP contribution in [0.5, 0.6) is 0 Å². The van der Waals surface area contributed by atoms with Gasteiger partial charge >= 0.3 is 0 Å². The summed E-state index contributed by atoms with van der Waals surface area (Å²) in [5.41, 5.74) is 0. The normalized spacial score (nSPS) is 21.5. The Morgan fingerprint density at radius 3 is 3.13 bits per heavy atom. The Morgan fingerprint density at radius 1 is 1.47 bits per heavy atom. The molecule has 15 heavy (non-hydrogen) atoms. The molecule has 88 valence electrons. The highest BCUT2D eigenvalue weighted by Gasteiger charge is 2.12. The van der Waals surface area contributed by atoms with E-state index in [9.17, 15) is 0 Å². The molecule has 1 unspecified atom stereocenters. The molecule has 0 saturated carbocycles. The molecule has 1 fully saturated rings. The molecule has 1 rings (SSSR count). The summed E-state index contributed by atoms with van der Waals surface area (Å²) in [4.78, 5) is 0. The number of ether oxygens (including phenoxy) is 3.